The highest BCUT2D eigenvalue weighted by Gasteiger charge is 2.53. The molecule has 2 rings (SSSR count). The predicted molar refractivity (Wildman–Crippen MR) is 72.9 cm³/mol. The number of rotatable bonds is 7. The first-order chi connectivity index (χ1) is 9.29. The van der Waals surface area contributed by atoms with Crippen molar-refractivity contribution < 1.29 is 27.2 Å². The van der Waals surface area contributed by atoms with Gasteiger partial charge in [-0.1, -0.05) is 0 Å². The number of fused-ring (bicyclic) bond motifs is 2. The van der Waals surface area contributed by atoms with Crippen LogP contribution in [-0.4, -0.2) is 56.9 Å². The molecule has 0 amide bonds. The second-order valence-electron chi connectivity index (χ2n) is 6.03. The van der Waals surface area contributed by atoms with Gasteiger partial charge >= 0.3 is 0 Å². The summed E-state index contributed by atoms with van der Waals surface area (Å²) in [4.78, 5) is 0. The van der Waals surface area contributed by atoms with E-state index in [4.69, 9.17) is 18.8 Å². The minimum absolute atomic E-state index is 0.0148. The number of hydrogen-bond acceptors (Lipinski definition) is 6. The molecule has 2 aliphatic rings. The van der Waals surface area contributed by atoms with Crippen LogP contribution in [0.4, 0.5) is 0 Å². The Balaban J connectivity index is 1.84. The monoisotopic (exact) mass is 308 g/mol. The average molecular weight is 308 g/mol. The van der Waals surface area contributed by atoms with E-state index < -0.39 is 15.7 Å². The Hall–Kier alpha value is -0.210. The SMILES string of the molecule is CC1(CCCOS(C)(=O)=O)OCC2(CCO)CCC1O2. The van der Waals surface area contributed by atoms with Crippen LogP contribution in [0.3, 0.4) is 0 Å². The van der Waals surface area contributed by atoms with Gasteiger partial charge in [0.15, 0.2) is 0 Å². The second kappa shape index (κ2) is 5.88. The van der Waals surface area contributed by atoms with Gasteiger partial charge in [-0.25, -0.2) is 0 Å². The van der Waals surface area contributed by atoms with E-state index in [-0.39, 0.29) is 24.9 Å². The smallest absolute Gasteiger partial charge is 0.264 e. The lowest BCUT2D eigenvalue weighted by Crippen LogP contribution is -2.52. The molecule has 0 radical (unpaired) electrons. The molecule has 118 valence electrons. The molecule has 0 aromatic carbocycles. The van der Waals surface area contributed by atoms with Crippen LogP contribution in [0.2, 0.25) is 0 Å². The summed E-state index contributed by atoms with van der Waals surface area (Å²) in [6.45, 7) is 2.78. The summed E-state index contributed by atoms with van der Waals surface area (Å²) in [7, 11) is -3.37. The van der Waals surface area contributed by atoms with Crippen LogP contribution in [0, 0.1) is 0 Å². The van der Waals surface area contributed by atoms with Crippen LogP contribution >= 0.6 is 0 Å². The highest BCUT2D eigenvalue weighted by molar-refractivity contribution is 7.85. The first-order valence-electron chi connectivity index (χ1n) is 7.06. The van der Waals surface area contributed by atoms with Crippen LogP contribution in [0.15, 0.2) is 0 Å². The lowest BCUT2D eigenvalue weighted by atomic mass is 9.91. The van der Waals surface area contributed by atoms with Crippen molar-refractivity contribution in [3.8, 4) is 0 Å². The van der Waals surface area contributed by atoms with Gasteiger partial charge in [0.25, 0.3) is 10.1 Å². The Bertz CT molecular complexity index is 436. The lowest BCUT2D eigenvalue weighted by Gasteiger charge is -2.44. The zero-order valence-corrected chi connectivity index (χ0v) is 12.9. The number of aliphatic hydroxyl groups excluding tert-OH is 1. The molecule has 2 fully saturated rings. The summed E-state index contributed by atoms with van der Waals surface area (Å²) in [5.41, 5.74) is -0.710. The topological polar surface area (TPSA) is 82.1 Å². The number of aliphatic hydroxyl groups is 1. The summed E-state index contributed by atoms with van der Waals surface area (Å²) >= 11 is 0. The standard InChI is InChI=1S/C13H24O6S/c1-12(5-3-9-18-20(2,15)16)11-4-6-13(19-11,7-8-14)10-17-12/h11,14H,3-10H2,1-2H3. The van der Waals surface area contributed by atoms with Gasteiger partial charge in [0, 0.05) is 13.0 Å². The molecule has 1 N–H and O–H groups in total. The fourth-order valence-corrected chi connectivity index (χ4v) is 3.49. The van der Waals surface area contributed by atoms with E-state index in [9.17, 15) is 8.42 Å². The van der Waals surface area contributed by atoms with Crippen molar-refractivity contribution in [1.29, 1.82) is 0 Å². The summed E-state index contributed by atoms with van der Waals surface area (Å²) in [6.07, 6.45) is 4.81. The normalized spacial score (nSPS) is 37.2. The van der Waals surface area contributed by atoms with Crippen molar-refractivity contribution in [2.75, 3.05) is 26.1 Å². The van der Waals surface area contributed by atoms with Crippen molar-refractivity contribution in [3.05, 3.63) is 0 Å². The van der Waals surface area contributed by atoms with E-state index in [1.54, 1.807) is 0 Å². The Kier molecular flexibility index (Phi) is 4.76. The van der Waals surface area contributed by atoms with Gasteiger partial charge in [0.05, 0.1) is 36.8 Å². The first kappa shape index (κ1) is 16.2. The fourth-order valence-electron chi connectivity index (χ4n) is 3.07. The molecule has 2 saturated heterocycles. The molecule has 0 aliphatic carbocycles. The molecule has 7 heteroatoms. The van der Waals surface area contributed by atoms with Gasteiger partial charge in [-0.3, -0.25) is 4.18 Å². The molecular weight excluding hydrogens is 284 g/mol. The highest BCUT2D eigenvalue weighted by Crippen LogP contribution is 2.45. The van der Waals surface area contributed by atoms with Crippen LogP contribution in [0.5, 0.6) is 0 Å². The molecule has 2 aliphatic heterocycles. The largest absolute Gasteiger partial charge is 0.396 e. The van der Waals surface area contributed by atoms with Crippen LogP contribution in [-0.2, 0) is 23.8 Å². The highest BCUT2D eigenvalue weighted by atomic mass is 32.2. The predicted octanol–water partition coefficient (Wildman–Crippen LogP) is 0.832. The Morgan fingerprint density at radius 3 is 2.80 bits per heavy atom. The molecule has 2 bridgehead atoms. The first-order valence-corrected chi connectivity index (χ1v) is 8.87. The van der Waals surface area contributed by atoms with E-state index in [0.717, 1.165) is 19.1 Å². The average Bonchev–Trinajstić information content (AvgIpc) is 2.72. The van der Waals surface area contributed by atoms with E-state index in [2.05, 4.69) is 0 Å². The van der Waals surface area contributed by atoms with Crippen molar-refractivity contribution in [2.24, 2.45) is 0 Å². The number of ether oxygens (including phenoxy) is 2. The minimum atomic E-state index is -3.37. The van der Waals surface area contributed by atoms with Gasteiger partial charge in [0.1, 0.15) is 0 Å². The summed E-state index contributed by atoms with van der Waals surface area (Å²) in [6, 6.07) is 0. The van der Waals surface area contributed by atoms with Gasteiger partial charge in [-0.05, 0) is 32.6 Å². The summed E-state index contributed by atoms with van der Waals surface area (Å²) in [5, 5.41) is 9.10. The van der Waals surface area contributed by atoms with Crippen molar-refractivity contribution >= 4 is 10.1 Å². The molecule has 0 aromatic heterocycles. The van der Waals surface area contributed by atoms with Crippen molar-refractivity contribution in [1.82, 2.24) is 0 Å². The molecule has 20 heavy (non-hydrogen) atoms. The quantitative estimate of drug-likeness (QED) is 0.554. The van der Waals surface area contributed by atoms with E-state index in [1.165, 1.54) is 0 Å². The Morgan fingerprint density at radius 2 is 2.15 bits per heavy atom. The maximum Gasteiger partial charge on any atom is 0.264 e. The maximum atomic E-state index is 10.9. The van der Waals surface area contributed by atoms with E-state index >= 15 is 0 Å². The van der Waals surface area contributed by atoms with Crippen molar-refractivity contribution in [3.63, 3.8) is 0 Å². The lowest BCUT2D eigenvalue weighted by molar-refractivity contribution is -0.243. The third kappa shape index (κ3) is 3.71. The second-order valence-corrected chi connectivity index (χ2v) is 7.68. The van der Waals surface area contributed by atoms with Gasteiger partial charge in [0.2, 0.25) is 0 Å². The Morgan fingerprint density at radius 1 is 1.40 bits per heavy atom. The Labute approximate surface area is 120 Å². The molecule has 6 nitrogen and oxygen atoms in total. The van der Waals surface area contributed by atoms with Gasteiger partial charge in [-0.15, -0.1) is 0 Å². The van der Waals surface area contributed by atoms with Crippen LogP contribution in [0.25, 0.3) is 0 Å². The zero-order chi connectivity index (χ0) is 14.9. The zero-order valence-electron chi connectivity index (χ0n) is 12.1. The molecule has 3 unspecified atom stereocenters. The van der Waals surface area contributed by atoms with Gasteiger partial charge < -0.3 is 14.6 Å². The maximum absolute atomic E-state index is 10.9. The van der Waals surface area contributed by atoms with Crippen molar-refractivity contribution in [2.45, 2.75) is 56.3 Å². The van der Waals surface area contributed by atoms with E-state index in [1.807, 2.05) is 6.92 Å². The van der Waals surface area contributed by atoms with E-state index in [0.29, 0.717) is 25.9 Å². The third-order valence-electron chi connectivity index (χ3n) is 4.28. The van der Waals surface area contributed by atoms with Crippen LogP contribution in [0.1, 0.15) is 39.0 Å². The molecule has 2 heterocycles. The third-order valence-corrected chi connectivity index (χ3v) is 4.88. The minimum Gasteiger partial charge on any atom is -0.396 e. The molecule has 0 aromatic rings. The number of hydrogen-bond donors (Lipinski definition) is 1. The molecular formula is C13H24O6S. The molecule has 0 spiro atoms. The fraction of sp³-hybridized carbons (Fsp3) is 1.00. The summed E-state index contributed by atoms with van der Waals surface area (Å²) in [5.74, 6) is 0. The molecule has 0 saturated carbocycles. The van der Waals surface area contributed by atoms with Gasteiger partial charge in [-0.2, -0.15) is 8.42 Å². The van der Waals surface area contributed by atoms with Crippen LogP contribution < -0.4 is 0 Å². The molecule has 3 atom stereocenters. The summed E-state index contributed by atoms with van der Waals surface area (Å²) < 4.78 is 38.6.